The van der Waals surface area contributed by atoms with Gasteiger partial charge in [0.05, 0.1) is 4.90 Å². The smallest absolute Gasteiger partial charge is 0.239 e. The van der Waals surface area contributed by atoms with Crippen LogP contribution in [0.3, 0.4) is 0 Å². The van der Waals surface area contributed by atoms with E-state index < -0.39 is 21.5 Å². The van der Waals surface area contributed by atoms with Crippen molar-refractivity contribution in [2.75, 3.05) is 11.1 Å². The number of benzene rings is 3. The first kappa shape index (κ1) is 18.1. The quantitative estimate of drug-likeness (QED) is 0.752. The summed E-state index contributed by atoms with van der Waals surface area (Å²) in [6, 6.07) is 16.4. The van der Waals surface area contributed by atoms with Crippen LogP contribution < -0.4 is 5.32 Å². The van der Waals surface area contributed by atoms with Gasteiger partial charge in [-0.15, -0.1) is 0 Å². The van der Waals surface area contributed by atoms with Crippen LogP contribution in [-0.4, -0.2) is 20.1 Å². The lowest BCUT2D eigenvalue weighted by Gasteiger charge is -2.13. The van der Waals surface area contributed by atoms with Crippen LogP contribution in [0.2, 0.25) is 0 Å². The third-order valence-corrected chi connectivity index (χ3v) is 5.96. The average Bonchev–Trinajstić information content (AvgIpc) is 2.57. The summed E-state index contributed by atoms with van der Waals surface area (Å²) in [6.07, 6.45) is 0. The fraction of sp³-hybridized carbons (Fsp3) is 0.190. The number of rotatable bonds is 4. The molecule has 3 aromatic carbocycles. The molecule has 0 heterocycles. The van der Waals surface area contributed by atoms with Crippen LogP contribution in [0.25, 0.3) is 10.8 Å². The largest absolute Gasteiger partial charge is 0.325 e. The van der Waals surface area contributed by atoms with E-state index in [2.05, 4.69) is 5.32 Å². The van der Waals surface area contributed by atoms with Crippen molar-refractivity contribution in [2.24, 2.45) is 0 Å². The molecule has 3 aromatic rings. The van der Waals surface area contributed by atoms with Crippen LogP contribution in [0.1, 0.15) is 16.7 Å². The molecule has 0 saturated heterocycles. The van der Waals surface area contributed by atoms with Crippen molar-refractivity contribution < 1.29 is 13.2 Å². The molecule has 26 heavy (non-hydrogen) atoms. The van der Waals surface area contributed by atoms with Crippen molar-refractivity contribution in [3.63, 3.8) is 0 Å². The maximum Gasteiger partial charge on any atom is 0.239 e. The molecule has 1 N–H and O–H groups in total. The number of fused-ring (bicyclic) bond motifs is 1. The highest BCUT2D eigenvalue weighted by Crippen LogP contribution is 2.23. The molecule has 0 saturated carbocycles. The van der Waals surface area contributed by atoms with Crippen LogP contribution >= 0.6 is 0 Å². The minimum Gasteiger partial charge on any atom is -0.325 e. The Morgan fingerprint density at radius 3 is 2.15 bits per heavy atom. The van der Waals surface area contributed by atoms with Gasteiger partial charge in [-0.3, -0.25) is 4.79 Å². The Bertz CT molecular complexity index is 1080. The normalized spacial score (nSPS) is 11.5. The zero-order chi connectivity index (χ0) is 18.9. The minimum atomic E-state index is -3.72. The fourth-order valence-corrected chi connectivity index (χ4v) is 4.34. The van der Waals surface area contributed by atoms with Gasteiger partial charge >= 0.3 is 0 Å². The monoisotopic (exact) mass is 367 g/mol. The Morgan fingerprint density at radius 2 is 1.50 bits per heavy atom. The lowest BCUT2D eigenvalue weighted by molar-refractivity contribution is -0.113. The summed E-state index contributed by atoms with van der Waals surface area (Å²) in [7, 11) is -3.72. The summed E-state index contributed by atoms with van der Waals surface area (Å²) < 4.78 is 25.3. The fourth-order valence-electron chi connectivity index (χ4n) is 3.17. The molecule has 0 aliphatic heterocycles. The first-order valence-electron chi connectivity index (χ1n) is 8.35. The minimum absolute atomic E-state index is 0.156. The van der Waals surface area contributed by atoms with Gasteiger partial charge in [-0.25, -0.2) is 8.42 Å². The number of amides is 1. The molecule has 0 unspecified atom stereocenters. The molecule has 0 radical (unpaired) electrons. The van der Waals surface area contributed by atoms with Gasteiger partial charge in [-0.05, 0) is 54.8 Å². The third kappa shape index (κ3) is 3.78. The Balaban J connectivity index is 1.83. The van der Waals surface area contributed by atoms with E-state index in [1.54, 1.807) is 18.2 Å². The molecule has 0 aromatic heterocycles. The number of carbonyl (C=O) groups is 1. The highest BCUT2D eigenvalue weighted by atomic mass is 32.2. The van der Waals surface area contributed by atoms with Crippen LogP contribution in [0.15, 0.2) is 59.5 Å². The highest BCUT2D eigenvalue weighted by molar-refractivity contribution is 7.92. The summed E-state index contributed by atoms with van der Waals surface area (Å²) in [5.41, 5.74) is 3.61. The van der Waals surface area contributed by atoms with E-state index in [-0.39, 0.29) is 4.90 Å². The summed E-state index contributed by atoms with van der Waals surface area (Å²) >= 11 is 0. The molecule has 0 aliphatic carbocycles. The van der Waals surface area contributed by atoms with E-state index >= 15 is 0 Å². The van der Waals surface area contributed by atoms with E-state index in [1.165, 1.54) is 0 Å². The first-order chi connectivity index (χ1) is 12.3. The van der Waals surface area contributed by atoms with Crippen LogP contribution in [-0.2, 0) is 14.6 Å². The van der Waals surface area contributed by atoms with Crippen molar-refractivity contribution in [3.8, 4) is 0 Å². The Morgan fingerprint density at radius 1 is 0.885 bits per heavy atom. The molecule has 0 aliphatic rings. The second kappa shape index (κ2) is 6.92. The zero-order valence-corrected chi connectivity index (χ0v) is 15.9. The lowest BCUT2D eigenvalue weighted by atomic mass is 10.1. The average molecular weight is 367 g/mol. The number of carbonyl (C=O) groups excluding carboxylic acids is 1. The molecule has 0 fully saturated rings. The zero-order valence-electron chi connectivity index (χ0n) is 15.0. The van der Waals surface area contributed by atoms with Crippen molar-refractivity contribution in [1.29, 1.82) is 0 Å². The molecule has 134 valence electrons. The Labute approximate surface area is 153 Å². The second-order valence-corrected chi connectivity index (χ2v) is 8.58. The van der Waals surface area contributed by atoms with Crippen molar-refractivity contribution in [2.45, 2.75) is 25.7 Å². The molecule has 1 amide bonds. The predicted octanol–water partition coefficient (Wildman–Crippen LogP) is 4.18. The van der Waals surface area contributed by atoms with Gasteiger partial charge in [-0.2, -0.15) is 0 Å². The molecule has 4 nitrogen and oxygen atoms in total. The van der Waals surface area contributed by atoms with Gasteiger partial charge < -0.3 is 5.32 Å². The van der Waals surface area contributed by atoms with Gasteiger partial charge in [-0.1, -0.05) is 48.0 Å². The standard InChI is InChI=1S/C21H21NO3S/c1-14-10-15(2)21(16(3)11-14)22-20(23)13-26(24,25)19-9-8-17-6-4-5-7-18(17)12-19/h4-12H,13H2,1-3H3,(H,22,23). The SMILES string of the molecule is Cc1cc(C)c(NC(=O)CS(=O)(=O)c2ccc3ccccc3c2)c(C)c1. The molecular weight excluding hydrogens is 346 g/mol. The van der Waals surface area contributed by atoms with Crippen molar-refractivity contribution in [3.05, 3.63) is 71.3 Å². The maximum absolute atomic E-state index is 12.6. The predicted molar refractivity (Wildman–Crippen MR) is 105 cm³/mol. The summed E-state index contributed by atoms with van der Waals surface area (Å²) in [4.78, 5) is 12.5. The van der Waals surface area contributed by atoms with Gasteiger partial charge in [0.1, 0.15) is 5.75 Å². The van der Waals surface area contributed by atoms with E-state index in [0.29, 0.717) is 5.69 Å². The molecule has 0 bridgehead atoms. The number of nitrogens with one attached hydrogen (secondary N) is 1. The topological polar surface area (TPSA) is 63.2 Å². The van der Waals surface area contributed by atoms with Crippen LogP contribution in [0, 0.1) is 20.8 Å². The Hall–Kier alpha value is -2.66. The molecule has 3 rings (SSSR count). The summed E-state index contributed by atoms with van der Waals surface area (Å²) in [5, 5.41) is 4.54. The number of hydrogen-bond acceptors (Lipinski definition) is 3. The molecule has 5 heteroatoms. The van der Waals surface area contributed by atoms with Gasteiger partial charge in [0, 0.05) is 5.69 Å². The second-order valence-electron chi connectivity index (χ2n) is 6.59. The molecule has 0 atom stereocenters. The number of hydrogen-bond donors (Lipinski definition) is 1. The highest BCUT2D eigenvalue weighted by Gasteiger charge is 2.20. The molecule has 0 spiro atoms. The lowest BCUT2D eigenvalue weighted by Crippen LogP contribution is -2.23. The van der Waals surface area contributed by atoms with Gasteiger partial charge in [0.2, 0.25) is 5.91 Å². The Kier molecular flexibility index (Phi) is 4.83. The van der Waals surface area contributed by atoms with Gasteiger partial charge in [0.25, 0.3) is 0 Å². The first-order valence-corrected chi connectivity index (χ1v) is 10.0. The maximum atomic E-state index is 12.6. The van der Waals surface area contributed by atoms with Crippen molar-refractivity contribution >= 4 is 32.2 Å². The summed E-state index contributed by atoms with van der Waals surface area (Å²) in [6.45, 7) is 5.77. The summed E-state index contributed by atoms with van der Waals surface area (Å²) in [5.74, 6) is -1.12. The van der Waals surface area contributed by atoms with E-state index in [4.69, 9.17) is 0 Å². The van der Waals surface area contributed by atoms with E-state index in [9.17, 15) is 13.2 Å². The van der Waals surface area contributed by atoms with Crippen LogP contribution in [0.4, 0.5) is 5.69 Å². The van der Waals surface area contributed by atoms with Gasteiger partial charge in [0.15, 0.2) is 9.84 Å². The van der Waals surface area contributed by atoms with E-state index in [1.807, 2.05) is 57.2 Å². The van der Waals surface area contributed by atoms with Crippen LogP contribution in [0.5, 0.6) is 0 Å². The third-order valence-electron chi connectivity index (χ3n) is 4.34. The molecular formula is C21H21NO3S. The van der Waals surface area contributed by atoms with E-state index in [0.717, 1.165) is 27.5 Å². The number of aryl methyl sites for hydroxylation is 3. The number of sulfone groups is 1. The van der Waals surface area contributed by atoms with Crippen molar-refractivity contribution in [1.82, 2.24) is 0 Å². The number of anilines is 1.